The Morgan fingerprint density at radius 1 is 1.26 bits per heavy atom. The first-order valence-corrected chi connectivity index (χ1v) is 6.89. The molecule has 2 rings (SSSR count). The lowest BCUT2D eigenvalue weighted by Crippen LogP contribution is -2.42. The Kier molecular flexibility index (Phi) is 4.58. The highest BCUT2D eigenvalue weighted by molar-refractivity contribution is 5.31. The van der Waals surface area contributed by atoms with Crippen LogP contribution in [-0.2, 0) is 0 Å². The molecule has 0 amide bonds. The van der Waals surface area contributed by atoms with Crippen molar-refractivity contribution in [3.63, 3.8) is 0 Å². The minimum Gasteiger partial charge on any atom is -0.494 e. The summed E-state index contributed by atoms with van der Waals surface area (Å²) in [6, 6.07) is 0.638. The Morgan fingerprint density at radius 3 is 2.32 bits per heavy atom. The number of hydrogen-bond donors (Lipinski definition) is 0. The predicted molar refractivity (Wildman–Crippen MR) is 76.7 cm³/mol. The third-order valence-corrected chi connectivity index (χ3v) is 4.17. The summed E-state index contributed by atoms with van der Waals surface area (Å²) < 4.78 is 5.08. The van der Waals surface area contributed by atoms with Crippen LogP contribution in [0, 0.1) is 5.92 Å². The standard InChI is InChI=1S/C14H24N4O/c1-11(17(2)3)12-5-7-18(8-6-12)14-15-9-13(19-4)10-16-14/h9-12H,5-8H2,1-4H3. The first kappa shape index (κ1) is 14.1. The van der Waals surface area contributed by atoms with E-state index in [0.717, 1.165) is 25.0 Å². The van der Waals surface area contributed by atoms with E-state index >= 15 is 0 Å². The topological polar surface area (TPSA) is 41.5 Å². The van der Waals surface area contributed by atoms with Crippen molar-refractivity contribution in [2.45, 2.75) is 25.8 Å². The number of nitrogens with zero attached hydrogens (tertiary/aromatic N) is 4. The molecule has 1 unspecified atom stereocenters. The molecule has 19 heavy (non-hydrogen) atoms. The zero-order chi connectivity index (χ0) is 13.8. The maximum absolute atomic E-state index is 5.08. The van der Waals surface area contributed by atoms with Crippen molar-refractivity contribution >= 4 is 5.95 Å². The lowest BCUT2D eigenvalue weighted by molar-refractivity contribution is 0.198. The molecule has 1 fully saturated rings. The zero-order valence-corrected chi connectivity index (χ0v) is 12.3. The van der Waals surface area contributed by atoms with Crippen LogP contribution in [0.25, 0.3) is 0 Å². The van der Waals surface area contributed by atoms with Crippen LogP contribution in [0.3, 0.4) is 0 Å². The van der Waals surface area contributed by atoms with Gasteiger partial charge in [-0.05, 0) is 39.8 Å². The second-order valence-corrected chi connectivity index (χ2v) is 5.45. The molecule has 0 radical (unpaired) electrons. The fourth-order valence-corrected chi connectivity index (χ4v) is 2.58. The van der Waals surface area contributed by atoms with Gasteiger partial charge in [0.15, 0.2) is 5.75 Å². The molecule has 1 aromatic heterocycles. The van der Waals surface area contributed by atoms with Gasteiger partial charge in [0.25, 0.3) is 0 Å². The minimum atomic E-state index is 0.638. The van der Waals surface area contributed by atoms with E-state index < -0.39 is 0 Å². The van der Waals surface area contributed by atoms with Gasteiger partial charge in [0.05, 0.1) is 19.5 Å². The van der Waals surface area contributed by atoms with Crippen molar-refractivity contribution < 1.29 is 4.74 Å². The van der Waals surface area contributed by atoms with Crippen molar-refractivity contribution in [2.24, 2.45) is 5.92 Å². The lowest BCUT2D eigenvalue weighted by Gasteiger charge is -2.37. The molecule has 1 aliphatic heterocycles. The van der Waals surface area contributed by atoms with Crippen LogP contribution in [0.2, 0.25) is 0 Å². The molecule has 1 aliphatic rings. The number of rotatable bonds is 4. The molecular formula is C14H24N4O. The van der Waals surface area contributed by atoms with E-state index in [1.165, 1.54) is 12.8 Å². The summed E-state index contributed by atoms with van der Waals surface area (Å²) in [5.74, 6) is 2.29. The van der Waals surface area contributed by atoms with Gasteiger partial charge in [0.1, 0.15) is 0 Å². The number of methoxy groups -OCH3 is 1. The van der Waals surface area contributed by atoms with Crippen LogP contribution in [0.15, 0.2) is 12.4 Å². The van der Waals surface area contributed by atoms with E-state index in [2.05, 4.69) is 40.8 Å². The van der Waals surface area contributed by atoms with E-state index in [4.69, 9.17) is 4.74 Å². The van der Waals surface area contributed by atoms with Crippen molar-refractivity contribution in [3.8, 4) is 5.75 Å². The van der Waals surface area contributed by atoms with Gasteiger partial charge in [0.2, 0.25) is 5.95 Å². The Bertz CT molecular complexity index is 385. The highest BCUT2D eigenvalue weighted by Gasteiger charge is 2.25. The molecule has 0 saturated carbocycles. The molecule has 1 atom stereocenters. The number of piperidine rings is 1. The van der Waals surface area contributed by atoms with Crippen LogP contribution < -0.4 is 9.64 Å². The molecule has 1 saturated heterocycles. The number of anilines is 1. The summed E-state index contributed by atoms with van der Waals surface area (Å²) in [5, 5.41) is 0. The molecule has 0 aliphatic carbocycles. The van der Waals surface area contributed by atoms with Crippen molar-refractivity contribution in [2.75, 3.05) is 39.2 Å². The zero-order valence-electron chi connectivity index (χ0n) is 12.3. The molecule has 5 heteroatoms. The van der Waals surface area contributed by atoms with Crippen LogP contribution in [0.4, 0.5) is 5.95 Å². The number of hydrogen-bond acceptors (Lipinski definition) is 5. The molecule has 5 nitrogen and oxygen atoms in total. The normalized spacial score (nSPS) is 18.7. The largest absolute Gasteiger partial charge is 0.494 e. The first-order valence-electron chi connectivity index (χ1n) is 6.89. The summed E-state index contributed by atoms with van der Waals surface area (Å²) in [7, 11) is 5.94. The average Bonchev–Trinajstić information content (AvgIpc) is 2.46. The van der Waals surface area contributed by atoms with Gasteiger partial charge in [-0.2, -0.15) is 0 Å². The second-order valence-electron chi connectivity index (χ2n) is 5.45. The minimum absolute atomic E-state index is 0.638. The fourth-order valence-electron chi connectivity index (χ4n) is 2.58. The van der Waals surface area contributed by atoms with Gasteiger partial charge >= 0.3 is 0 Å². The summed E-state index contributed by atoms with van der Waals surface area (Å²) >= 11 is 0. The Labute approximate surface area is 115 Å². The summed E-state index contributed by atoms with van der Waals surface area (Å²) in [6.07, 6.45) is 5.87. The van der Waals surface area contributed by atoms with E-state index in [-0.39, 0.29) is 0 Å². The van der Waals surface area contributed by atoms with Crippen LogP contribution >= 0.6 is 0 Å². The van der Waals surface area contributed by atoms with Crippen molar-refractivity contribution in [3.05, 3.63) is 12.4 Å². The SMILES string of the molecule is COc1cnc(N2CCC(C(C)N(C)C)CC2)nc1. The monoisotopic (exact) mass is 264 g/mol. The fraction of sp³-hybridized carbons (Fsp3) is 0.714. The Balaban J connectivity index is 1.92. The summed E-state index contributed by atoms with van der Waals surface area (Å²) in [5.41, 5.74) is 0. The molecule has 2 heterocycles. The molecule has 1 aromatic rings. The van der Waals surface area contributed by atoms with Crippen molar-refractivity contribution in [1.82, 2.24) is 14.9 Å². The maximum atomic E-state index is 5.08. The lowest BCUT2D eigenvalue weighted by atomic mass is 9.90. The number of aromatic nitrogens is 2. The van der Waals surface area contributed by atoms with Crippen LogP contribution in [-0.4, -0.2) is 55.2 Å². The van der Waals surface area contributed by atoms with Gasteiger partial charge in [-0.1, -0.05) is 0 Å². The summed E-state index contributed by atoms with van der Waals surface area (Å²) in [4.78, 5) is 13.3. The van der Waals surface area contributed by atoms with E-state index in [9.17, 15) is 0 Å². The van der Waals surface area contributed by atoms with Gasteiger partial charge < -0.3 is 14.5 Å². The molecular weight excluding hydrogens is 240 g/mol. The first-order chi connectivity index (χ1) is 9.11. The molecule has 0 spiro atoms. The summed E-state index contributed by atoms with van der Waals surface area (Å²) in [6.45, 7) is 4.38. The predicted octanol–water partition coefficient (Wildman–Crippen LogP) is 1.65. The number of ether oxygens (including phenoxy) is 1. The highest BCUT2D eigenvalue weighted by Crippen LogP contribution is 2.25. The van der Waals surface area contributed by atoms with E-state index in [1.807, 2.05) is 0 Å². The van der Waals surface area contributed by atoms with Gasteiger partial charge in [-0.25, -0.2) is 9.97 Å². The average molecular weight is 264 g/mol. The second kappa shape index (κ2) is 6.19. The van der Waals surface area contributed by atoms with Gasteiger partial charge in [0, 0.05) is 19.1 Å². The molecule has 0 N–H and O–H groups in total. The van der Waals surface area contributed by atoms with E-state index in [0.29, 0.717) is 11.8 Å². The van der Waals surface area contributed by atoms with Crippen molar-refractivity contribution in [1.29, 1.82) is 0 Å². The van der Waals surface area contributed by atoms with Gasteiger partial charge in [-0.15, -0.1) is 0 Å². The third kappa shape index (κ3) is 3.35. The molecule has 106 valence electrons. The quantitative estimate of drug-likeness (QED) is 0.827. The van der Waals surface area contributed by atoms with Crippen LogP contribution in [0.5, 0.6) is 5.75 Å². The molecule has 0 bridgehead atoms. The molecule has 0 aromatic carbocycles. The Hall–Kier alpha value is -1.36. The van der Waals surface area contributed by atoms with E-state index in [1.54, 1.807) is 19.5 Å². The third-order valence-electron chi connectivity index (χ3n) is 4.17. The van der Waals surface area contributed by atoms with Crippen LogP contribution in [0.1, 0.15) is 19.8 Å². The van der Waals surface area contributed by atoms with Gasteiger partial charge in [-0.3, -0.25) is 0 Å². The highest BCUT2D eigenvalue weighted by atomic mass is 16.5. The Morgan fingerprint density at radius 2 is 1.84 bits per heavy atom. The maximum Gasteiger partial charge on any atom is 0.225 e. The smallest absolute Gasteiger partial charge is 0.225 e.